The fourth-order valence-electron chi connectivity index (χ4n) is 2.29. The van der Waals surface area contributed by atoms with Gasteiger partial charge in [0, 0.05) is 13.0 Å². The molecule has 1 aliphatic heterocycles. The second kappa shape index (κ2) is 6.71. The predicted octanol–water partition coefficient (Wildman–Crippen LogP) is 4.24. The highest BCUT2D eigenvalue weighted by Crippen LogP contribution is 2.18. The lowest BCUT2D eigenvalue weighted by Crippen LogP contribution is -2.16. The Morgan fingerprint density at radius 1 is 1.05 bits per heavy atom. The largest absolute Gasteiger partial charge is 0.320 e. The first-order valence-corrected chi connectivity index (χ1v) is 6.78. The van der Waals surface area contributed by atoms with Crippen LogP contribution in [-0.4, -0.2) is 17.4 Å². The van der Waals surface area contributed by atoms with Gasteiger partial charge in [-0.2, -0.15) is 0 Å². The Morgan fingerprint density at radius 2 is 1.80 bits per heavy atom. The van der Waals surface area contributed by atoms with Gasteiger partial charge in [-0.3, -0.25) is 4.79 Å². The Bertz CT molecular complexity index is 625. The summed E-state index contributed by atoms with van der Waals surface area (Å²) in [6.07, 6.45) is 5.18. The minimum atomic E-state index is 0.208. The van der Waals surface area contributed by atoms with Crippen LogP contribution in [0.15, 0.2) is 61.8 Å². The van der Waals surface area contributed by atoms with Crippen LogP contribution >= 0.6 is 0 Å². The van der Waals surface area contributed by atoms with E-state index in [1.807, 2.05) is 6.08 Å². The maximum absolute atomic E-state index is 10.7. The maximum Gasteiger partial charge on any atom is 0.226 e. The van der Waals surface area contributed by atoms with E-state index in [4.69, 9.17) is 0 Å². The first-order chi connectivity index (χ1) is 9.76. The lowest BCUT2D eigenvalue weighted by Gasteiger charge is -2.05. The van der Waals surface area contributed by atoms with Gasteiger partial charge in [0.25, 0.3) is 0 Å². The number of hydrogen-bond acceptors (Lipinski definition) is 1. The quantitative estimate of drug-likeness (QED) is 0.795. The SMILES string of the molecule is C=CN1CCCC1=O.C=Cc1cccc2ccccc12. The van der Waals surface area contributed by atoms with Crippen LogP contribution in [0.1, 0.15) is 18.4 Å². The van der Waals surface area contributed by atoms with E-state index in [1.54, 1.807) is 11.1 Å². The van der Waals surface area contributed by atoms with Crippen molar-refractivity contribution < 1.29 is 4.79 Å². The Hall–Kier alpha value is -2.35. The van der Waals surface area contributed by atoms with Crippen molar-refractivity contribution in [3.8, 4) is 0 Å². The average Bonchev–Trinajstić information content (AvgIpc) is 2.92. The smallest absolute Gasteiger partial charge is 0.226 e. The fourth-order valence-corrected chi connectivity index (χ4v) is 2.29. The normalized spacial score (nSPS) is 13.8. The van der Waals surface area contributed by atoms with Crippen molar-refractivity contribution >= 4 is 22.8 Å². The standard InChI is InChI=1S/C12H10.C6H9NO/c1-2-10-7-5-8-11-6-3-4-9-12(10)11;1-2-7-5-3-4-6(7)8/h2-9H,1H2;2H,1,3-5H2. The van der Waals surface area contributed by atoms with Gasteiger partial charge in [-0.05, 0) is 29.0 Å². The van der Waals surface area contributed by atoms with Crippen molar-refractivity contribution in [2.24, 2.45) is 0 Å². The van der Waals surface area contributed by atoms with E-state index in [9.17, 15) is 4.79 Å². The molecule has 2 aromatic rings. The summed E-state index contributed by atoms with van der Waals surface area (Å²) < 4.78 is 0. The van der Waals surface area contributed by atoms with E-state index in [0.29, 0.717) is 6.42 Å². The monoisotopic (exact) mass is 265 g/mol. The van der Waals surface area contributed by atoms with Crippen LogP contribution in [0, 0.1) is 0 Å². The fraction of sp³-hybridized carbons (Fsp3) is 0.167. The van der Waals surface area contributed by atoms with Crippen LogP contribution in [0.5, 0.6) is 0 Å². The molecule has 0 bridgehead atoms. The number of nitrogens with zero attached hydrogens (tertiary/aromatic N) is 1. The lowest BCUT2D eigenvalue weighted by molar-refractivity contribution is -0.125. The summed E-state index contributed by atoms with van der Waals surface area (Å²) in [5.41, 5.74) is 1.20. The van der Waals surface area contributed by atoms with Gasteiger partial charge in [-0.1, -0.05) is 61.7 Å². The molecule has 2 heteroatoms. The average molecular weight is 265 g/mol. The van der Waals surface area contributed by atoms with Crippen LogP contribution in [0.2, 0.25) is 0 Å². The molecule has 2 aromatic carbocycles. The Kier molecular flexibility index (Phi) is 4.72. The zero-order chi connectivity index (χ0) is 14.4. The third kappa shape index (κ3) is 3.15. The molecule has 1 saturated heterocycles. The molecule has 0 atom stereocenters. The zero-order valence-corrected chi connectivity index (χ0v) is 11.6. The highest BCUT2D eigenvalue weighted by atomic mass is 16.2. The number of amides is 1. The van der Waals surface area contributed by atoms with Gasteiger partial charge in [0.15, 0.2) is 0 Å². The third-order valence-corrected chi connectivity index (χ3v) is 3.37. The van der Waals surface area contributed by atoms with E-state index < -0.39 is 0 Å². The van der Waals surface area contributed by atoms with Crippen molar-refractivity contribution in [3.05, 3.63) is 67.4 Å². The molecular formula is C18H19NO. The molecule has 1 aliphatic rings. The molecule has 20 heavy (non-hydrogen) atoms. The van der Waals surface area contributed by atoms with E-state index in [-0.39, 0.29) is 5.91 Å². The topological polar surface area (TPSA) is 20.3 Å². The molecule has 0 radical (unpaired) electrons. The zero-order valence-electron chi connectivity index (χ0n) is 11.6. The molecule has 102 valence electrons. The van der Waals surface area contributed by atoms with Crippen molar-refractivity contribution in [1.29, 1.82) is 0 Å². The van der Waals surface area contributed by atoms with Crippen LogP contribution in [0.25, 0.3) is 16.8 Å². The third-order valence-electron chi connectivity index (χ3n) is 3.37. The van der Waals surface area contributed by atoms with Crippen LogP contribution in [-0.2, 0) is 4.79 Å². The summed E-state index contributed by atoms with van der Waals surface area (Å²) in [7, 11) is 0. The van der Waals surface area contributed by atoms with Gasteiger partial charge in [-0.15, -0.1) is 0 Å². The first-order valence-electron chi connectivity index (χ1n) is 6.78. The molecule has 1 fully saturated rings. The van der Waals surface area contributed by atoms with E-state index >= 15 is 0 Å². The molecule has 0 spiro atoms. The van der Waals surface area contributed by atoms with Gasteiger partial charge in [-0.25, -0.2) is 0 Å². The van der Waals surface area contributed by atoms with Crippen LogP contribution < -0.4 is 0 Å². The number of hydrogen-bond donors (Lipinski definition) is 0. The summed E-state index contributed by atoms with van der Waals surface area (Å²) in [4.78, 5) is 12.3. The van der Waals surface area contributed by atoms with Gasteiger partial charge in [0.05, 0.1) is 0 Å². The number of rotatable bonds is 2. The molecule has 0 aliphatic carbocycles. The summed E-state index contributed by atoms with van der Waals surface area (Å²) in [5.74, 6) is 0.208. The van der Waals surface area contributed by atoms with E-state index in [1.165, 1.54) is 16.3 Å². The Balaban J connectivity index is 0.000000160. The lowest BCUT2D eigenvalue weighted by atomic mass is 10.1. The number of likely N-dealkylation sites (tertiary alicyclic amines) is 1. The van der Waals surface area contributed by atoms with Gasteiger partial charge in [0.2, 0.25) is 5.91 Å². The second-order valence-corrected chi connectivity index (χ2v) is 4.65. The second-order valence-electron chi connectivity index (χ2n) is 4.65. The van der Waals surface area contributed by atoms with Gasteiger partial charge < -0.3 is 4.90 Å². The molecule has 1 amide bonds. The van der Waals surface area contributed by atoms with Crippen LogP contribution in [0.4, 0.5) is 0 Å². The molecule has 3 rings (SSSR count). The van der Waals surface area contributed by atoms with Gasteiger partial charge in [0.1, 0.15) is 0 Å². The molecule has 0 aromatic heterocycles. The molecule has 0 saturated carbocycles. The summed E-state index contributed by atoms with van der Waals surface area (Å²) >= 11 is 0. The predicted molar refractivity (Wildman–Crippen MR) is 85.2 cm³/mol. The van der Waals surface area contributed by atoms with Crippen molar-refractivity contribution in [1.82, 2.24) is 4.90 Å². The van der Waals surface area contributed by atoms with Crippen molar-refractivity contribution in [2.45, 2.75) is 12.8 Å². The minimum absolute atomic E-state index is 0.208. The van der Waals surface area contributed by atoms with Gasteiger partial charge >= 0.3 is 0 Å². The Morgan fingerprint density at radius 3 is 2.40 bits per heavy atom. The molecular weight excluding hydrogens is 246 g/mol. The van der Waals surface area contributed by atoms with E-state index in [2.05, 4.69) is 55.6 Å². The Labute approximate surface area is 120 Å². The number of benzene rings is 2. The molecule has 0 N–H and O–H groups in total. The summed E-state index contributed by atoms with van der Waals surface area (Å²) in [5, 5.41) is 2.55. The van der Waals surface area contributed by atoms with E-state index in [0.717, 1.165) is 13.0 Å². The minimum Gasteiger partial charge on any atom is -0.320 e. The van der Waals surface area contributed by atoms with Crippen molar-refractivity contribution in [3.63, 3.8) is 0 Å². The number of carbonyl (C=O) groups is 1. The molecule has 0 unspecified atom stereocenters. The van der Waals surface area contributed by atoms with Crippen LogP contribution in [0.3, 0.4) is 0 Å². The summed E-state index contributed by atoms with van der Waals surface area (Å²) in [6.45, 7) is 8.14. The summed E-state index contributed by atoms with van der Waals surface area (Å²) in [6, 6.07) is 14.6. The van der Waals surface area contributed by atoms with Crippen molar-refractivity contribution in [2.75, 3.05) is 6.54 Å². The molecule has 2 nitrogen and oxygen atoms in total. The number of fused-ring (bicyclic) bond motifs is 1. The molecule has 1 heterocycles. The number of carbonyl (C=O) groups excluding carboxylic acids is 1. The highest BCUT2D eigenvalue weighted by molar-refractivity contribution is 5.90. The highest BCUT2D eigenvalue weighted by Gasteiger charge is 2.15. The maximum atomic E-state index is 10.7. The first kappa shape index (κ1) is 14.1.